The molecule has 0 fully saturated rings. The molecule has 0 aromatic heterocycles. The molecule has 2 aromatic rings. The van der Waals surface area contributed by atoms with E-state index in [0.717, 1.165) is 16.9 Å². The van der Waals surface area contributed by atoms with E-state index in [9.17, 15) is 0 Å². The fourth-order valence-electron chi connectivity index (χ4n) is 2.31. The van der Waals surface area contributed by atoms with Crippen LogP contribution < -0.4 is 19.9 Å². The quantitative estimate of drug-likeness (QED) is 0.583. The van der Waals surface area contributed by atoms with Gasteiger partial charge in [0, 0.05) is 5.56 Å². The highest BCUT2D eigenvalue weighted by molar-refractivity contribution is 7.80. The number of nitrogens with two attached hydrogens (primary N) is 1. The minimum absolute atomic E-state index is 0.334. The first-order valence-corrected chi connectivity index (χ1v) is 8.31. The lowest BCUT2D eigenvalue weighted by Crippen LogP contribution is -2.12. The zero-order valence-electron chi connectivity index (χ0n) is 14.3. The molecular formula is C19H23NO3S. The van der Waals surface area contributed by atoms with Crippen molar-refractivity contribution in [3.05, 3.63) is 53.1 Å². The number of aryl methyl sites for hydroxylation is 2. The van der Waals surface area contributed by atoms with Crippen LogP contribution in [-0.4, -0.2) is 24.8 Å². The number of thiocarbonyl (C=S) groups is 1. The van der Waals surface area contributed by atoms with E-state index in [1.54, 1.807) is 6.07 Å². The Morgan fingerprint density at radius 3 is 2.21 bits per heavy atom. The fourth-order valence-corrected chi connectivity index (χ4v) is 2.44. The zero-order valence-corrected chi connectivity index (χ0v) is 15.1. The highest BCUT2D eigenvalue weighted by atomic mass is 32.1. The normalized spacial score (nSPS) is 10.3. The molecule has 128 valence electrons. The minimum Gasteiger partial charge on any atom is -0.490 e. The van der Waals surface area contributed by atoms with Gasteiger partial charge in [0.15, 0.2) is 11.5 Å². The summed E-state index contributed by atoms with van der Waals surface area (Å²) in [7, 11) is 0. The van der Waals surface area contributed by atoms with Crippen LogP contribution in [0.5, 0.6) is 17.2 Å². The molecule has 0 atom stereocenters. The Hall–Kier alpha value is -2.27. The maximum Gasteiger partial charge on any atom is 0.161 e. The minimum atomic E-state index is 0.334. The number of rotatable bonds is 8. The molecule has 4 nitrogen and oxygen atoms in total. The summed E-state index contributed by atoms with van der Waals surface area (Å²) in [6.45, 7) is 7.42. The van der Waals surface area contributed by atoms with Crippen molar-refractivity contribution in [2.45, 2.75) is 20.8 Å². The summed E-state index contributed by atoms with van der Waals surface area (Å²) in [5.41, 5.74) is 8.75. The van der Waals surface area contributed by atoms with E-state index in [1.165, 1.54) is 5.56 Å². The van der Waals surface area contributed by atoms with Gasteiger partial charge in [0.2, 0.25) is 0 Å². The largest absolute Gasteiger partial charge is 0.490 e. The summed E-state index contributed by atoms with van der Waals surface area (Å²) < 4.78 is 17.1. The molecule has 0 spiro atoms. The van der Waals surface area contributed by atoms with Crippen molar-refractivity contribution in [1.82, 2.24) is 0 Å². The van der Waals surface area contributed by atoms with Gasteiger partial charge in [-0.2, -0.15) is 0 Å². The summed E-state index contributed by atoms with van der Waals surface area (Å²) in [6, 6.07) is 11.5. The molecule has 0 heterocycles. The predicted octanol–water partition coefficient (Wildman–Crippen LogP) is 3.79. The van der Waals surface area contributed by atoms with Crippen LogP contribution >= 0.6 is 12.2 Å². The van der Waals surface area contributed by atoms with Crippen molar-refractivity contribution >= 4 is 17.2 Å². The monoisotopic (exact) mass is 345 g/mol. The van der Waals surface area contributed by atoms with Crippen LogP contribution in [0.15, 0.2) is 36.4 Å². The molecule has 2 N–H and O–H groups in total. The molecule has 0 aliphatic rings. The lowest BCUT2D eigenvalue weighted by Gasteiger charge is -2.14. The third kappa shape index (κ3) is 4.86. The first kappa shape index (κ1) is 18.1. The van der Waals surface area contributed by atoms with Crippen LogP contribution in [0, 0.1) is 13.8 Å². The standard InChI is InChI=1S/C19H23NO3S/c1-4-21-18-12-15(19(20)24)6-8-17(18)23-10-9-22-16-7-5-13(2)11-14(16)3/h5-8,11-12H,4,9-10H2,1-3H3,(H2,20,24). The van der Waals surface area contributed by atoms with Crippen LogP contribution in [0.2, 0.25) is 0 Å². The maximum atomic E-state index is 5.78. The molecule has 0 aliphatic heterocycles. The topological polar surface area (TPSA) is 53.7 Å². The van der Waals surface area contributed by atoms with E-state index in [1.807, 2.05) is 38.1 Å². The van der Waals surface area contributed by atoms with Gasteiger partial charge in [-0.05, 0) is 50.6 Å². The van der Waals surface area contributed by atoms with E-state index < -0.39 is 0 Å². The van der Waals surface area contributed by atoms with Crippen molar-refractivity contribution in [2.24, 2.45) is 5.73 Å². The smallest absolute Gasteiger partial charge is 0.161 e. The molecule has 0 amide bonds. The van der Waals surface area contributed by atoms with Gasteiger partial charge < -0.3 is 19.9 Å². The van der Waals surface area contributed by atoms with E-state index >= 15 is 0 Å². The highest BCUT2D eigenvalue weighted by Gasteiger charge is 2.08. The fraction of sp³-hybridized carbons (Fsp3) is 0.316. The molecule has 24 heavy (non-hydrogen) atoms. The number of benzene rings is 2. The van der Waals surface area contributed by atoms with Gasteiger partial charge in [-0.25, -0.2) is 0 Å². The number of hydrogen-bond donors (Lipinski definition) is 1. The zero-order chi connectivity index (χ0) is 17.5. The van der Waals surface area contributed by atoms with Crippen molar-refractivity contribution in [2.75, 3.05) is 19.8 Å². The van der Waals surface area contributed by atoms with E-state index in [0.29, 0.717) is 36.3 Å². The summed E-state index contributed by atoms with van der Waals surface area (Å²) >= 11 is 4.99. The molecular weight excluding hydrogens is 322 g/mol. The Morgan fingerprint density at radius 2 is 1.58 bits per heavy atom. The molecule has 2 aromatic carbocycles. The van der Waals surface area contributed by atoms with Crippen molar-refractivity contribution in [1.29, 1.82) is 0 Å². The average molecular weight is 345 g/mol. The highest BCUT2D eigenvalue weighted by Crippen LogP contribution is 2.28. The Labute approximate surface area is 148 Å². The second kappa shape index (κ2) is 8.55. The summed E-state index contributed by atoms with van der Waals surface area (Å²) in [6.07, 6.45) is 0. The first-order chi connectivity index (χ1) is 11.5. The van der Waals surface area contributed by atoms with Crippen LogP contribution in [0.1, 0.15) is 23.6 Å². The molecule has 5 heteroatoms. The third-order valence-corrected chi connectivity index (χ3v) is 3.69. The Balaban J connectivity index is 1.95. The SMILES string of the molecule is CCOc1cc(C(N)=S)ccc1OCCOc1ccc(C)cc1C. The third-order valence-electron chi connectivity index (χ3n) is 3.46. The molecule has 0 bridgehead atoms. The Kier molecular flexibility index (Phi) is 6.44. The molecule has 0 saturated carbocycles. The van der Waals surface area contributed by atoms with Crippen LogP contribution in [0.4, 0.5) is 0 Å². The lowest BCUT2D eigenvalue weighted by molar-refractivity contribution is 0.207. The first-order valence-electron chi connectivity index (χ1n) is 7.90. The van der Waals surface area contributed by atoms with Gasteiger partial charge in [-0.1, -0.05) is 29.9 Å². The van der Waals surface area contributed by atoms with Crippen LogP contribution in [0.3, 0.4) is 0 Å². The summed E-state index contributed by atoms with van der Waals surface area (Å²) in [5, 5.41) is 0. The summed E-state index contributed by atoms with van der Waals surface area (Å²) in [4.78, 5) is 0.334. The summed E-state index contributed by atoms with van der Waals surface area (Å²) in [5.74, 6) is 2.16. The molecule has 2 rings (SSSR count). The van der Waals surface area contributed by atoms with Crippen molar-refractivity contribution in [3.8, 4) is 17.2 Å². The van der Waals surface area contributed by atoms with Gasteiger partial charge in [-0.15, -0.1) is 0 Å². The number of ether oxygens (including phenoxy) is 3. The van der Waals surface area contributed by atoms with Gasteiger partial charge in [0.05, 0.1) is 6.61 Å². The average Bonchev–Trinajstić information content (AvgIpc) is 2.54. The number of hydrogen-bond acceptors (Lipinski definition) is 4. The molecule has 0 radical (unpaired) electrons. The molecule has 0 aliphatic carbocycles. The Bertz CT molecular complexity index is 716. The van der Waals surface area contributed by atoms with Crippen LogP contribution in [0.25, 0.3) is 0 Å². The van der Waals surface area contributed by atoms with E-state index in [2.05, 4.69) is 13.0 Å². The molecule has 0 unspecified atom stereocenters. The van der Waals surface area contributed by atoms with Crippen LogP contribution in [-0.2, 0) is 0 Å². The van der Waals surface area contributed by atoms with E-state index in [-0.39, 0.29) is 0 Å². The predicted molar refractivity (Wildman–Crippen MR) is 100 cm³/mol. The maximum absolute atomic E-state index is 5.78. The van der Waals surface area contributed by atoms with Gasteiger partial charge in [0.1, 0.15) is 24.0 Å². The second-order valence-electron chi connectivity index (χ2n) is 5.42. The molecule has 0 saturated heterocycles. The second-order valence-corrected chi connectivity index (χ2v) is 5.86. The van der Waals surface area contributed by atoms with Crippen molar-refractivity contribution in [3.63, 3.8) is 0 Å². The van der Waals surface area contributed by atoms with E-state index in [4.69, 9.17) is 32.2 Å². The van der Waals surface area contributed by atoms with Crippen molar-refractivity contribution < 1.29 is 14.2 Å². The van der Waals surface area contributed by atoms with Gasteiger partial charge in [-0.3, -0.25) is 0 Å². The Morgan fingerprint density at radius 1 is 0.917 bits per heavy atom. The lowest BCUT2D eigenvalue weighted by atomic mass is 10.1. The van der Waals surface area contributed by atoms with Gasteiger partial charge in [0.25, 0.3) is 0 Å². The van der Waals surface area contributed by atoms with Gasteiger partial charge >= 0.3 is 0 Å².